The lowest BCUT2D eigenvalue weighted by Crippen LogP contribution is -2.57. The number of halogens is 1. The number of hydrogen-bond donors (Lipinski definition) is 9. The first kappa shape index (κ1) is 55.3. The van der Waals surface area contributed by atoms with E-state index in [-0.39, 0.29) is 90.2 Å². The van der Waals surface area contributed by atoms with Gasteiger partial charge >= 0.3 is 23.9 Å². The summed E-state index contributed by atoms with van der Waals surface area (Å²) in [5.41, 5.74) is 0.453. The third-order valence-electron chi connectivity index (χ3n) is 9.26. The number of unbranched alkanes of at least 4 members (excludes halogenated alkanes) is 1. The number of hydrogen-bond acceptors (Lipinski definition) is 15. The van der Waals surface area contributed by atoms with E-state index in [9.17, 15) is 73.2 Å². The van der Waals surface area contributed by atoms with Gasteiger partial charge in [0.2, 0.25) is 23.6 Å². The predicted molar refractivity (Wildman–Crippen MR) is 229 cm³/mol. The van der Waals surface area contributed by atoms with Crippen molar-refractivity contribution >= 4 is 87.8 Å². The van der Waals surface area contributed by atoms with Gasteiger partial charge in [-0.05, 0) is 85.7 Å². The fourth-order valence-corrected chi connectivity index (χ4v) is 6.38. The SMILES string of the molecule is O=C(O)CC[C@@H](NC(=O)CCOCCOCCC(=O)ON1C(=O)CCC1=O)C(=O)N[C@H](CCC(=O)O)C(=O)N[C@H](CCCO)C(=O)N[C@H](CCCCNC(=O)c1cccc(I)c1)C(=O)O. The maximum Gasteiger partial charge on any atom is 0.335 e. The van der Waals surface area contributed by atoms with Gasteiger partial charge in [0.1, 0.15) is 24.2 Å². The molecule has 1 aromatic carbocycles. The first-order valence-electron chi connectivity index (χ1n) is 20.6. The van der Waals surface area contributed by atoms with Crippen LogP contribution in [-0.2, 0) is 62.3 Å². The Balaban J connectivity index is 1.95. The molecule has 0 bridgehead atoms. The van der Waals surface area contributed by atoms with E-state index in [1.54, 1.807) is 18.2 Å². The van der Waals surface area contributed by atoms with Crippen molar-refractivity contribution in [1.29, 1.82) is 0 Å². The van der Waals surface area contributed by atoms with E-state index >= 15 is 0 Å². The van der Waals surface area contributed by atoms with Crippen molar-refractivity contribution in [3.05, 3.63) is 33.4 Å². The number of ether oxygens (including phenoxy) is 2. The summed E-state index contributed by atoms with van der Waals surface area (Å²) < 4.78 is 11.4. The number of aliphatic carboxylic acids is 3. The second kappa shape index (κ2) is 30.4. The van der Waals surface area contributed by atoms with Crippen molar-refractivity contribution in [3.63, 3.8) is 0 Å². The normalized spacial score (nSPS) is 14.0. The molecule has 0 unspecified atom stereocenters. The molecule has 0 aliphatic carbocycles. The number of benzene rings is 1. The van der Waals surface area contributed by atoms with Crippen molar-refractivity contribution in [1.82, 2.24) is 31.6 Å². The Morgan fingerprint density at radius 2 is 1.17 bits per heavy atom. The van der Waals surface area contributed by atoms with Crippen LogP contribution in [-0.4, -0.2) is 154 Å². The molecule has 1 aliphatic rings. The number of aliphatic hydroxyl groups is 1. The van der Waals surface area contributed by atoms with E-state index in [1.807, 2.05) is 6.07 Å². The molecule has 0 radical (unpaired) electrons. The van der Waals surface area contributed by atoms with Gasteiger partial charge in [-0.25, -0.2) is 9.59 Å². The zero-order valence-corrected chi connectivity index (χ0v) is 37.5. The molecule has 0 spiro atoms. The summed E-state index contributed by atoms with van der Waals surface area (Å²) >= 11 is 2.07. The molecule has 4 atom stereocenters. The Kier molecular flexibility index (Phi) is 25.8. The quantitative estimate of drug-likeness (QED) is 0.0235. The number of nitrogens with one attached hydrogen (secondary N) is 5. The molecule has 1 heterocycles. The fourth-order valence-electron chi connectivity index (χ4n) is 5.83. The molecule has 0 saturated carbocycles. The lowest BCUT2D eigenvalue weighted by atomic mass is 10.0. The summed E-state index contributed by atoms with van der Waals surface area (Å²) in [6.07, 6.45) is -2.60. The van der Waals surface area contributed by atoms with Gasteiger partial charge in [0.05, 0.1) is 32.8 Å². The third kappa shape index (κ3) is 22.6. The Morgan fingerprint density at radius 3 is 1.71 bits per heavy atom. The number of amides is 7. The van der Waals surface area contributed by atoms with Crippen LogP contribution >= 0.6 is 22.6 Å². The number of aliphatic hydroxyl groups excluding tert-OH is 1. The molecule has 1 fully saturated rings. The number of carboxylic acids is 3. The van der Waals surface area contributed by atoms with E-state index in [2.05, 4.69) is 49.2 Å². The van der Waals surface area contributed by atoms with Gasteiger partial charge in [-0.15, -0.1) is 5.06 Å². The summed E-state index contributed by atoms with van der Waals surface area (Å²) in [6, 6.07) is 0.837. The van der Waals surface area contributed by atoms with Gasteiger partial charge in [-0.1, -0.05) is 6.07 Å². The highest BCUT2D eigenvalue weighted by molar-refractivity contribution is 14.1. The number of nitrogens with zero attached hydrogens (tertiary/aromatic N) is 1. The number of imide groups is 1. The van der Waals surface area contributed by atoms with Crippen LogP contribution in [0.5, 0.6) is 0 Å². The number of hydroxylamine groups is 2. The topological polar surface area (TPSA) is 360 Å². The van der Waals surface area contributed by atoms with E-state index in [1.165, 1.54) is 0 Å². The third-order valence-corrected chi connectivity index (χ3v) is 9.93. The summed E-state index contributed by atoms with van der Waals surface area (Å²) in [5, 5.41) is 50.4. The van der Waals surface area contributed by atoms with Crippen LogP contribution in [0.3, 0.4) is 0 Å². The van der Waals surface area contributed by atoms with Crippen LogP contribution < -0.4 is 26.6 Å². The van der Waals surface area contributed by atoms with Gasteiger partial charge in [0, 0.05) is 54.4 Å². The molecule has 360 valence electrons. The largest absolute Gasteiger partial charge is 0.481 e. The lowest BCUT2D eigenvalue weighted by Gasteiger charge is -2.26. The molecule has 0 aromatic heterocycles. The molecule has 1 aliphatic heterocycles. The number of rotatable bonds is 33. The van der Waals surface area contributed by atoms with E-state index in [4.69, 9.17) is 14.3 Å². The maximum absolute atomic E-state index is 13.5. The van der Waals surface area contributed by atoms with Crippen LogP contribution in [0.15, 0.2) is 24.3 Å². The molecule has 25 heteroatoms. The summed E-state index contributed by atoms with van der Waals surface area (Å²) in [6.45, 7) is -0.604. The van der Waals surface area contributed by atoms with E-state index in [0.29, 0.717) is 17.0 Å². The number of carboxylic acid groups (broad SMARTS) is 3. The van der Waals surface area contributed by atoms with Crippen LogP contribution in [0.25, 0.3) is 0 Å². The van der Waals surface area contributed by atoms with Crippen molar-refractivity contribution in [2.45, 2.75) is 108 Å². The summed E-state index contributed by atoms with van der Waals surface area (Å²) in [5.74, 6) is -10.3. The van der Waals surface area contributed by atoms with Gasteiger partial charge in [-0.3, -0.25) is 43.2 Å². The molecule has 1 aromatic rings. The van der Waals surface area contributed by atoms with Crippen LogP contribution in [0.2, 0.25) is 0 Å². The highest BCUT2D eigenvalue weighted by Crippen LogP contribution is 2.13. The first-order valence-corrected chi connectivity index (χ1v) is 21.7. The average Bonchev–Trinajstić information content (AvgIpc) is 3.56. The predicted octanol–water partition coefficient (Wildman–Crippen LogP) is -0.862. The minimum Gasteiger partial charge on any atom is -0.481 e. The van der Waals surface area contributed by atoms with Crippen molar-refractivity contribution in [3.8, 4) is 0 Å². The maximum atomic E-state index is 13.5. The minimum atomic E-state index is -1.65. The molecular formula is C40H55IN6O18. The highest BCUT2D eigenvalue weighted by atomic mass is 127. The minimum absolute atomic E-state index is 0.0277. The number of carbonyl (C=O) groups excluding carboxylic acids is 8. The summed E-state index contributed by atoms with van der Waals surface area (Å²) in [4.78, 5) is 140. The van der Waals surface area contributed by atoms with Crippen LogP contribution in [0, 0.1) is 3.57 Å². The van der Waals surface area contributed by atoms with Gasteiger partial charge in [-0.2, -0.15) is 0 Å². The molecule has 65 heavy (non-hydrogen) atoms. The Morgan fingerprint density at radius 1 is 0.646 bits per heavy atom. The van der Waals surface area contributed by atoms with Crippen LogP contribution in [0.4, 0.5) is 0 Å². The first-order chi connectivity index (χ1) is 30.9. The van der Waals surface area contributed by atoms with Crippen molar-refractivity contribution in [2.24, 2.45) is 0 Å². The second-order valence-corrected chi connectivity index (χ2v) is 15.7. The zero-order valence-electron chi connectivity index (χ0n) is 35.4. The average molecular weight is 1030 g/mol. The van der Waals surface area contributed by atoms with Gasteiger partial charge in [0.25, 0.3) is 17.7 Å². The van der Waals surface area contributed by atoms with Gasteiger partial charge in [0.15, 0.2) is 0 Å². The Bertz CT molecular complexity index is 1830. The fraction of sp³-hybridized carbons (Fsp3) is 0.575. The number of carbonyl (C=O) groups is 11. The van der Waals surface area contributed by atoms with E-state index < -0.39 is 116 Å². The molecule has 9 N–H and O–H groups in total. The van der Waals surface area contributed by atoms with E-state index in [0.717, 1.165) is 3.57 Å². The second-order valence-electron chi connectivity index (χ2n) is 14.4. The standard InChI is InChI=1S/C40H55IN6O18/c41-25-6-3-5-24(23-25)36(57)42-17-2-1-7-29(40(61)62)46-37(58)26(8-4-18-48)44-39(60)28(10-14-34(54)55)45-38(59)27(9-13-33(52)53)43-30(49)15-19-63-21-22-64-20-16-35(56)65-47-31(50)11-12-32(47)51/h3,5-6,23,26-29,48H,1-2,4,7-22H2,(H,42,57)(H,43,49)(H,44,60)(H,45,59)(H,46,58)(H,52,53)(H,54,55)(H,61,62)/t26-,27-,28-,29-/m1/s1. The van der Waals surface area contributed by atoms with Gasteiger partial charge < -0.3 is 61.3 Å². The zero-order chi connectivity index (χ0) is 48.3. The van der Waals surface area contributed by atoms with Crippen LogP contribution in [0.1, 0.15) is 93.8 Å². The monoisotopic (exact) mass is 1030 g/mol. The molecule has 7 amide bonds. The summed E-state index contributed by atoms with van der Waals surface area (Å²) in [7, 11) is 0. The Hall–Kier alpha value is -5.80. The Labute approximate surface area is 386 Å². The lowest BCUT2D eigenvalue weighted by molar-refractivity contribution is -0.198. The molecule has 2 rings (SSSR count). The smallest absolute Gasteiger partial charge is 0.335 e. The molecular weight excluding hydrogens is 979 g/mol. The molecule has 24 nitrogen and oxygen atoms in total. The molecule has 1 saturated heterocycles. The highest BCUT2D eigenvalue weighted by Gasteiger charge is 2.33. The van der Waals surface area contributed by atoms with Crippen molar-refractivity contribution in [2.75, 3.05) is 39.6 Å². The van der Waals surface area contributed by atoms with Crippen molar-refractivity contribution < 1.29 is 87.5 Å².